The molecule has 0 aromatic carbocycles. The highest BCUT2D eigenvalue weighted by atomic mass is 16.6. The van der Waals surface area contributed by atoms with Crippen molar-refractivity contribution in [2.75, 3.05) is 14.1 Å². The summed E-state index contributed by atoms with van der Waals surface area (Å²) in [6.07, 6.45) is 3.03. The Morgan fingerprint density at radius 2 is 2.23 bits per heavy atom. The molecule has 0 amide bonds. The lowest BCUT2D eigenvalue weighted by Crippen LogP contribution is -2.86. The molecule has 3 nitrogen and oxygen atoms in total. The summed E-state index contributed by atoms with van der Waals surface area (Å²) >= 11 is 0. The monoisotopic (exact) mass is 182 g/mol. The largest absolute Gasteiger partial charge is 0.393 e. The Kier molecular flexibility index (Phi) is 0.873. The van der Waals surface area contributed by atoms with Gasteiger partial charge in [0.2, 0.25) is 0 Å². The van der Waals surface area contributed by atoms with E-state index in [1.54, 1.807) is 0 Å². The second-order valence-corrected chi connectivity index (χ2v) is 5.82. The van der Waals surface area contributed by atoms with Gasteiger partial charge in [-0.05, 0) is 6.42 Å². The summed E-state index contributed by atoms with van der Waals surface area (Å²) in [5.74, 6) is 0. The number of likely N-dealkylation sites (N-methyl/N-ethyl adjacent to an activating group) is 1. The average molecular weight is 182 g/mol. The van der Waals surface area contributed by atoms with Crippen LogP contribution in [0.4, 0.5) is 0 Å². The first-order valence-electron chi connectivity index (χ1n) is 5.25. The van der Waals surface area contributed by atoms with Crippen molar-refractivity contribution >= 4 is 0 Å². The van der Waals surface area contributed by atoms with Crippen LogP contribution >= 0.6 is 0 Å². The van der Waals surface area contributed by atoms with Crippen molar-refractivity contribution in [3.8, 4) is 0 Å². The molecular formula is C10H16NO2+. The number of epoxide rings is 1. The van der Waals surface area contributed by atoms with Crippen molar-refractivity contribution in [3.05, 3.63) is 0 Å². The Hall–Kier alpha value is -0.120. The van der Waals surface area contributed by atoms with Crippen LogP contribution in [0.25, 0.3) is 0 Å². The number of hydrogen-bond donors (Lipinski definition) is 1. The van der Waals surface area contributed by atoms with Gasteiger partial charge in [-0.1, -0.05) is 0 Å². The van der Waals surface area contributed by atoms with Gasteiger partial charge >= 0.3 is 0 Å². The SMILES string of the molecule is C[N+]1(C)C2C[C@H](O)CC23C2OC2C31. The van der Waals surface area contributed by atoms with Gasteiger partial charge in [0.25, 0.3) is 0 Å². The zero-order valence-corrected chi connectivity index (χ0v) is 8.10. The number of likely N-dealkylation sites (tertiary alicyclic amines) is 1. The number of hydrogen-bond acceptors (Lipinski definition) is 2. The van der Waals surface area contributed by atoms with Crippen molar-refractivity contribution in [2.24, 2.45) is 5.41 Å². The van der Waals surface area contributed by atoms with Crippen LogP contribution in [-0.2, 0) is 4.74 Å². The predicted octanol–water partition coefficient (Wildman–Crippen LogP) is -0.264. The minimum Gasteiger partial charge on any atom is -0.393 e. The molecule has 2 aliphatic carbocycles. The molecule has 0 aromatic rings. The minimum atomic E-state index is -0.0578. The van der Waals surface area contributed by atoms with Gasteiger partial charge in [-0.2, -0.15) is 0 Å². The molecule has 6 atom stereocenters. The summed E-state index contributed by atoms with van der Waals surface area (Å²) in [6.45, 7) is 0. The van der Waals surface area contributed by atoms with E-state index in [9.17, 15) is 5.11 Å². The zero-order chi connectivity index (χ0) is 9.01. The lowest BCUT2D eigenvalue weighted by molar-refractivity contribution is -1.01. The fourth-order valence-electron chi connectivity index (χ4n) is 4.88. The Labute approximate surface area is 77.9 Å². The third-order valence-corrected chi connectivity index (χ3v) is 5.14. The molecule has 0 radical (unpaired) electrons. The van der Waals surface area contributed by atoms with Gasteiger partial charge < -0.3 is 14.3 Å². The van der Waals surface area contributed by atoms with E-state index in [0.29, 0.717) is 29.7 Å². The van der Waals surface area contributed by atoms with E-state index >= 15 is 0 Å². The van der Waals surface area contributed by atoms with Crippen LogP contribution in [0.3, 0.4) is 0 Å². The molecular weight excluding hydrogens is 166 g/mol. The van der Waals surface area contributed by atoms with Crippen LogP contribution in [0.2, 0.25) is 0 Å². The van der Waals surface area contributed by atoms with E-state index < -0.39 is 0 Å². The standard InChI is InChI=1S/C10H16NO2/c1-11(2)6-3-5(12)4-10(6)8(11)7-9(10)13-7/h5-9,12H,3-4H2,1-2H3/q+1/t5-,6?,7?,8?,9?,10?/m0/s1. The normalized spacial score (nSPS) is 69.9. The van der Waals surface area contributed by atoms with Crippen LogP contribution < -0.4 is 0 Å². The topological polar surface area (TPSA) is 32.8 Å². The van der Waals surface area contributed by atoms with Crippen LogP contribution in [-0.4, -0.2) is 54.1 Å². The van der Waals surface area contributed by atoms with Gasteiger partial charge in [-0.25, -0.2) is 0 Å². The first-order chi connectivity index (χ1) is 6.08. The molecule has 1 spiro atoms. The van der Waals surface area contributed by atoms with Gasteiger partial charge in [0.15, 0.2) is 0 Å². The van der Waals surface area contributed by atoms with E-state index in [2.05, 4.69) is 14.1 Å². The molecule has 2 saturated heterocycles. The molecule has 0 bridgehead atoms. The number of ether oxygens (including phenoxy) is 1. The molecule has 1 N–H and O–H groups in total. The van der Waals surface area contributed by atoms with Crippen molar-refractivity contribution in [1.29, 1.82) is 0 Å². The second-order valence-electron chi connectivity index (χ2n) is 5.82. The smallest absolute Gasteiger partial charge is 0.138 e. The summed E-state index contributed by atoms with van der Waals surface area (Å²) in [4.78, 5) is 0. The third-order valence-electron chi connectivity index (χ3n) is 5.14. The molecule has 4 fully saturated rings. The Morgan fingerprint density at radius 3 is 3.00 bits per heavy atom. The van der Waals surface area contributed by atoms with Gasteiger partial charge in [0.1, 0.15) is 29.7 Å². The summed E-state index contributed by atoms with van der Waals surface area (Å²) in [5.41, 5.74) is 0.410. The lowest BCUT2D eigenvalue weighted by Gasteiger charge is -2.67. The molecule has 4 rings (SSSR count). The molecule has 2 aliphatic heterocycles. The summed E-state index contributed by atoms with van der Waals surface area (Å²) in [6, 6.07) is 1.39. The fraction of sp³-hybridized carbons (Fsp3) is 1.00. The molecule has 2 heterocycles. The van der Waals surface area contributed by atoms with Crippen LogP contribution in [0.5, 0.6) is 0 Å². The fourth-order valence-corrected chi connectivity index (χ4v) is 4.88. The van der Waals surface area contributed by atoms with Crippen molar-refractivity contribution in [1.82, 2.24) is 0 Å². The Morgan fingerprint density at radius 1 is 1.46 bits per heavy atom. The Balaban J connectivity index is 1.80. The molecule has 3 heteroatoms. The van der Waals surface area contributed by atoms with Crippen molar-refractivity contribution in [2.45, 2.75) is 43.2 Å². The van der Waals surface area contributed by atoms with Crippen LogP contribution in [0.15, 0.2) is 0 Å². The van der Waals surface area contributed by atoms with E-state index in [-0.39, 0.29) is 6.10 Å². The molecule has 72 valence electrons. The highest BCUT2D eigenvalue weighted by Gasteiger charge is 2.92. The maximum absolute atomic E-state index is 9.73. The average Bonchev–Trinajstić information content (AvgIpc) is 2.60. The van der Waals surface area contributed by atoms with Crippen LogP contribution in [0, 0.1) is 5.41 Å². The number of aliphatic hydroxyl groups excluding tert-OH is 1. The van der Waals surface area contributed by atoms with E-state index in [0.717, 1.165) is 17.3 Å². The van der Waals surface area contributed by atoms with Crippen LogP contribution in [0.1, 0.15) is 12.8 Å². The molecule has 4 aliphatic rings. The molecule has 5 unspecified atom stereocenters. The number of nitrogens with zero attached hydrogens (tertiary/aromatic N) is 1. The number of aliphatic hydroxyl groups is 1. The molecule has 2 saturated carbocycles. The van der Waals surface area contributed by atoms with Gasteiger partial charge in [0, 0.05) is 6.42 Å². The van der Waals surface area contributed by atoms with Gasteiger partial charge in [-0.3, -0.25) is 0 Å². The number of piperidine rings is 1. The summed E-state index contributed by atoms with van der Waals surface area (Å²) in [7, 11) is 4.59. The van der Waals surface area contributed by atoms with E-state index in [1.807, 2.05) is 0 Å². The van der Waals surface area contributed by atoms with Gasteiger partial charge in [0.05, 0.1) is 20.2 Å². The van der Waals surface area contributed by atoms with Crippen molar-refractivity contribution in [3.63, 3.8) is 0 Å². The van der Waals surface area contributed by atoms with E-state index in [1.165, 1.54) is 0 Å². The highest BCUT2D eigenvalue weighted by Crippen LogP contribution is 2.75. The summed E-state index contributed by atoms with van der Waals surface area (Å²) in [5, 5.41) is 9.73. The number of rotatable bonds is 0. The highest BCUT2D eigenvalue weighted by molar-refractivity contribution is 5.31. The number of fused-ring (bicyclic) bond motifs is 2. The predicted molar refractivity (Wildman–Crippen MR) is 46.0 cm³/mol. The maximum Gasteiger partial charge on any atom is 0.138 e. The lowest BCUT2D eigenvalue weighted by atomic mass is 9.52. The minimum absolute atomic E-state index is 0.0578. The first-order valence-corrected chi connectivity index (χ1v) is 5.25. The molecule has 0 aromatic heterocycles. The third kappa shape index (κ3) is 0.485. The maximum atomic E-state index is 9.73. The zero-order valence-electron chi connectivity index (χ0n) is 8.10. The first kappa shape index (κ1) is 7.21. The quantitative estimate of drug-likeness (QED) is 0.413. The summed E-state index contributed by atoms with van der Waals surface area (Å²) < 4.78 is 6.77. The second kappa shape index (κ2) is 1.58. The van der Waals surface area contributed by atoms with Gasteiger partial charge in [-0.15, -0.1) is 0 Å². The Bertz CT molecular complexity index is 303. The number of quaternary nitrogens is 1. The molecule has 13 heavy (non-hydrogen) atoms. The van der Waals surface area contributed by atoms with Crippen molar-refractivity contribution < 1.29 is 14.3 Å². The van der Waals surface area contributed by atoms with E-state index in [4.69, 9.17) is 4.74 Å².